The summed E-state index contributed by atoms with van der Waals surface area (Å²) in [5.74, 6) is -0.905. The molecule has 11 heteroatoms. The number of benzene rings is 2. The van der Waals surface area contributed by atoms with Crippen molar-refractivity contribution >= 4 is 57.6 Å². The number of carboxylic acids is 1. The molecule has 0 saturated carbocycles. The predicted molar refractivity (Wildman–Crippen MR) is 160 cm³/mol. The number of aliphatic hydroxyl groups is 1. The third kappa shape index (κ3) is 8.28. The number of ether oxygens (including phenoxy) is 2. The molecule has 40 heavy (non-hydrogen) atoms. The maximum absolute atomic E-state index is 12.9. The number of anilines is 1. The van der Waals surface area contributed by atoms with Gasteiger partial charge >= 0.3 is 5.97 Å². The first kappa shape index (κ1) is 31.6. The van der Waals surface area contributed by atoms with E-state index in [0.29, 0.717) is 28.7 Å². The van der Waals surface area contributed by atoms with Crippen molar-refractivity contribution in [1.29, 1.82) is 0 Å². The van der Waals surface area contributed by atoms with Crippen LogP contribution in [0.5, 0.6) is 5.75 Å². The topological polar surface area (TPSA) is 118 Å². The highest BCUT2D eigenvalue weighted by Crippen LogP contribution is 2.38. The van der Waals surface area contributed by atoms with Crippen LogP contribution in [0, 0.1) is 0 Å². The predicted octanol–water partition coefficient (Wildman–Crippen LogP) is 7.50. The highest BCUT2D eigenvalue weighted by atomic mass is 35.5. The Morgan fingerprint density at radius 2 is 1.85 bits per heavy atom. The van der Waals surface area contributed by atoms with Crippen LogP contribution in [0.3, 0.4) is 0 Å². The molecule has 1 amide bonds. The summed E-state index contributed by atoms with van der Waals surface area (Å²) in [6.07, 6.45) is 4.86. The van der Waals surface area contributed by atoms with Gasteiger partial charge in [0.15, 0.2) is 5.13 Å². The van der Waals surface area contributed by atoms with Gasteiger partial charge in [0.25, 0.3) is 5.91 Å². The normalized spacial score (nSPS) is 12.3. The summed E-state index contributed by atoms with van der Waals surface area (Å²) in [5.41, 5.74) is 2.89. The number of amides is 1. The van der Waals surface area contributed by atoms with E-state index < -0.39 is 11.9 Å². The van der Waals surface area contributed by atoms with Crippen molar-refractivity contribution in [2.45, 2.75) is 45.6 Å². The number of carboxylic acid groups (broad SMARTS) is 1. The summed E-state index contributed by atoms with van der Waals surface area (Å²) in [6.45, 7) is 4.23. The number of nitrogens with one attached hydrogen (secondary N) is 1. The number of aliphatic carboxylic acids is 1. The molecule has 0 unspecified atom stereocenters. The zero-order valence-corrected chi connectivity index (χ0v) is 24.8. The SMILES string of the molecule is COc1c(-c2csc(NC(=O)c3cc(Cl)c(/C=C(\C)C(=O)O)c(Cl)c3)n2)cccc1[C@H](C)OCCCCCCO. The van der Waals surface area contributed by atoms with Gasteiger partial charge in [0, 0.05) is 46.4 Å². The lowest BCUT2D eigenvalue weighted by molar-refractivity contribution is -0.132. The molecule has 0 bridgehead atoms. The van der Waals surface area contributed by atoms with Crippen LogP contribution in [0.1, 0.15) is 67.1 Å². The van der Waals surface area contributed by atoms with Gasteiger partial charge in [-0.15, -0.1) is 11.3 Å². The van der Waals surface area contributed by atoms with Crippen LogP contribution in [0.2, 0.25) is 10.0 Å². The Morgan fingerprint density at radius 1 is 1.15 bits per heavy atom. The molecule has 0 aliphatic heterocycles. The molecule has 0 aliphatic carbocycles. The monoisotopic (exact) mass is 606 g/mol. The Labute approximate surface area is 247 Å². The molecule has 0 radical (unpaired) electrons. The Kier molecular flexibility index (Phi) is 12.0. The standard InChI is InChI=1S/C29H32Cl2N2O6S/c1-17(28(36)37)13-22-23(30)14-19(15-24(22)31)27(35)33-29-32-25(16-40-29)21-10-8-9-20(26(21)38-3)18(2)39-12-7-5-4-6-11-34/h8-10,13-16,18,34H,4-7,11-12H2,1-3H3,(H,36,37)(H,32,33,35)/b17-13+/t18-/m0/s1. The average molecular weight is 608 g/mol. The number of aliphatic hydroxyl groups excluding tert-OH is 1. The first-order chi connectivity index (χ1) is 19.2. The number of methoxy groups -OCH3 is 1. The van der Waals surface area contributed by atoms with Gasteiger partial charge in [-0.1, -0.05) is 48.2 Å². The van der Waals surface area contributed by atoms with Crippen LogP contribution in [0.4, 0.5) is 5.13 Å². The molecule has 0 spiro atoms. The van der Waals surface area contributed by atoms with E-state index in [1.165, 1.54) is 36.5 Å². The van der Waals surface area contributed by atoms with Gasteiger partial charge in [0.05, 0.1) is 29.0 Å². The summed E-state index contributed by atoms with van der Waals surface area (Å²) < 4.78 is 11.8. The van der Waals surface area contributed by atoms with E-state index in [-0.39, 0.29) is 33.9 Å². The van der Waals surface area contributed by atoms with Crippen molar-refractivity contribution in [1.82, 2.24) is 4.98 Å². The molecule has 0 saturated heterocycles. The number of halogens is 2. The first-order valence-electron chi connectivity index (χ1n) is 12.7. The maximum Gasteiger partial charge on any atom is 0.331 e. The summed E-state index contributed by atoms with van der Waals surface area (Å²) in [5, 5.41) is 23.3. The number of carbonyl (C=O) groups is 2. The molecular formula is C29H32Cl2N2O6S. The number of rotatable bonds is 14. The third-order valence-corrected chi connectivity index (χ3v) is 7.53. The van der Waals surface area contributed by atoms with Crippen molar-refractivity contribution < 1.29 is 29.3 Å². The number of hydrogen-bond acceptors (Lipinski definition) is 7. The molecular weight excluding hydrogens is 575 g/mol. The number of thiazole rings is 1. The highest BCUT2D eigenvalue weighted by Gasteiger charge is 2.19. The summed E-state index contributed by atoms with van der Waals surface area (Å²) in [6, 6.07) is 8.63. The molecule has 3 N–H and O–H groups in total. The number of hydrogen-bond donors (Lipinski definition) is 3. The van der Waals surface area contributed by atoms with Gasteiger partial charge < -0.3 is 19.7 Å². The average Bonchev–Trinajstić information content (AvgIpc) is 3.39. The Bertz CT molecular complexity index is 1350. The number of aromatic nitrogens is 1. The zero-order valence-electron chi connectivity index (χ0n) is 22.5. The van der Waals surface area contributed by atoms with E-state index >= 15 is 0 Å². The first-order valence-corrected chi connectivity index (χ1v) is 14.4. The maximum atomic E-state index is 12.9. The summed E-state index contributed by atoms with van der Waals surface area (Å²) >= 11 is 13.9. The van der Waals surface area contributed by atoms with Crippen molar-refractivity contribution in [3.05, 3.63) is 68.0 Å². The lowest BCUT2D eigenvalue weighted by Crippen LogP contribution is -2.12. The molecule has 3 aromatic rings. The Morgan fingerprint density at radius 3 is 2.50 bits per heavy atom. The number of para-hydroxylation sites is 1. The quantitative estimate of drug-likeness (QED) is 0.128. The fourth-order valence-electron chi connectivity index (χ4n) is 3.98. The lowest BCUT2D eigenvalue weighted by atomic mass is 10.0. The zero-order chi connectivity index (χ0) is 29.2. The Hall–Kier alpha value is -2.95. The molecule has 0 fully saturated rings. The smallest absolute Gasteiger partial charge is 0.331 e. The molecule has 2 aromatic carbocycles. The van der Waals surface area contributed by atoms with Crippen LogP contribution in [0.15, 0.2) is 41.3 Å². The minimum absolute atomic E-state index is 0.0611. The van der Waals surface area contributed by atoms with Crippen molar-refractivity contribution in [2.24, 2.45) is 0 Å². The van der Waals surface area contributed by atoms with Crippen LogP contribution in [0.25, 0.3) is 17.3 Å². The molecule has 1 aromatic heterocycles. The van der Waals surface area contributed by atoms with Crippen molar-refractivity contribution in [2.75, 3.05) is 25.6 Å². The number of nitrogens with zero attached hydrogens (tertiary/aromatic N) is 1. The van der Waals surface area contributed by atoms with Gasteiger partial charge in [-0.3, -0.25) is 10.1 Å². The van der Waals surface area contributed by atoms with E-state index in [4.69, 9.17) is 42.9 Å². The minimum atomic E-state index is -1.09. The highest BCUT2D eigenvalue weighted by molar-refractivity contribution is 7.14. The van der Waals surface area contributed by atoms with Crippen LogP contribution in [-0.2, 0) is 9.53 Å². The van der Waals surface area contributed by atoms with E-state index in [0.717, 1.165) is 36.8 Å². The van der Waals surface area contributed by atoms with E-state index in [2.05, 4.69) is 10.3 Å². The van der Waals surface area contributed by atoms with Gasteiger partial charge in [0.2, 0.25) is 0 Å². The molecule has 1 atom stereocenters. The van der Waals surface area contributed by atoms with Crippen molar-refractivity contribution in [3.8, 4) is 17.0 Å². The molecule has 8 nitrogen and oxygen atoms in total. The second-order valence-electron chi connectivity index (χ2n) is 9.06. The van der Waals surface area contributed by atoms with E-state index in [1.54, 1.807) is 7.11 Å². The van der Waals surface area contributed by atoms with Crippen LogP contribution < -0.4 is 10.1 Å². The fourth-order valence-corrected chi connectivity index (χ4v) is 5.28. The largest absolute Gasteiger partial charge is 0.496 e. The second-order valence-corrected chi connectivity index (χ2v) is 10.7. The van der Waals surface area contributed by atoms with Gasteiger partial charge in [-0.05, 0) is 51.0 Å². The molecule has 214 valence electrons. The lowest BCUT2D eigenvalue weighted by Gasteiger charge is -2.18. The second kappa shape index (κ2) is 15.2. The van der Waals surface area contributed by atoms with Crippen LogP contribution >= 0.6 is 34.5 Å². The molecule has 0 aliphatic rings. The number of carbonyl (C=O) groups excluding carboxylic acids is 1. The number of unbranched alkanes of at least 4 members (excludes halogenated alkanes) is 3. The van der Waals surface area contributed by atoms with Crippen LogP contribution in [-0.4, -0.2) is 47.4 Å². The third-order valence-electron chi connectivity index (χ3n) is 6.15. The van der Waals surface area contributed by atoms with Crippen molar-refractivity contribution in [3.63, 3.8) is 0 Å². The summed E-state index contributed by atoms with van der Waals surface area (Å²) in [7, 11) is 1.60. The summed E-state index contributed by atoms with van der Waals surface area (Å²) in [4.78, 5) is 28.7. The molecule has 1 heterocycles. The van der Waals surface area contributed by atoms with E-state index in [9.17, 15) is 9.59 Å². The fraction of sp³-hybridized carbons (Fsp3) is 0.345. The molecule has 3 rings (SSSR count). The minimum Gasteiger partial charge on any atom is -0.496 e. The van der Waals surface area contributed by atoms with Gasteiger partial charge in [-0.2, -0.15) is 0 Å². The van der Waals surface area contributed by atoms with Gasteiger partial charge in [-0.25, -0.2) is 9.78 Å². The Balaban J connectivity index is 1.74. The van der Waals surface area contributed by atoms with E-state index in [1.807, 2.05) is 30.5 Å². The van der Waals surface area contributed by atoms with Gasteiger partial charge in [0.1, 0.15) is 5.75 Å².